The Labute approximate surface area is 174 Å². The van der Waals surface area contributed by atoms with Crippen LogP contribution >= 0.6 is 0 Å². The molecule has 4 rings (SSSR count). The van der Waals surface area contributed by atoms with Gasteiger partial charge in [0.05, 0.1) is 5.56 Å². The quantitative estimate of drug-likeness (QED) is 0.507. The van der Waals surface area contributed by atoms with Crippen LogP contribution in [0.4, 0.5) is 13.2 Å². The van der Waals surface area contributed by atoms with Gasteiger partial charge in [0.25, 0.3) is 0 Å². The molecule has 0 fully saturated rings. The lowest BCUT2D eigenvalue weighted by molar-refractivity contribution is -0.137. The Bertz CT molecular complexity index is 1010. The summed E-state index contributed by atoms with van der Waals surface area (Å²) in [6.07, 6.45) is 3.06. The van der Waals surface area contributed by atoms with E-state index < -0.39 is 11.7 Å². The van der Waals surface area contributed by atoms with Crippen molar-refractivity contribution in [1.82, 2.24) is 9.88 Å². The van der Waals surface area contributed by atoms with Crippen LogP contribution in [0.2, 0.25) is 0 Å². The SMILES string of the molecule is FC(F)(F)c1cccc(C2=CCN(CCc3ccc(-c4ccncc4)cc3)CC2)c1. The summed E-state index contributed by atoms with van der Waals surface area (Å²) in [6.45, 7) is 2.55. The lowest BCUT2D eigenvalue weighted by atomic mass is 9.97. The minimum Gasteiger partial charge on any atom is -0.299 e. The Morgan fingerprint density at radius 3 is 2.27 bits per heavy atom. The predicted molar refractivity (Wildman–Crippen MR) is 114 cm³/mol. The topological polar surface area (TPSA) is 16.1 Å². The highest BCUT2D eigenvalue weighted by molar-refractivity contribution is 5.67. The molecule has 0 saturated heterocycles. The fourth-order valence-corrected chi connectivity index (χ4v) is 3.77. The van der Waals surface area contributed by atoms with E-state index in [1.54, 1.807) is 18.5 Å². The molecule has 0 amide bonds. The second kappa shape index (κ2) is 8.84. The summed E-state index contributed by atoms with van der Waals surface area (Å²) in [4.78, 5) is 6.39. The van der Waals surface area contributed by atoms with Gasteiger partial charge in [-0.2, -0.15) is 13.2 Å². The van der Waals surface area contributed by atoms with E-state index in [9.17, 15) is 13.2 Å². The van der Waals surface area contributed by atoms with Crippen molar-refractivity contribution in [2.75, 3.05) is 19.6 Å². The van der Waals surface area contributed by atoms with Gasteiger partial charge >= 0.3 is 6.18 Å². The normalized spacial score (nSPS) is 15.1. The van der Waals surface area contributed by atoms with E-state index in [0.29, 0.717) is 5.56 Å². The van der Waals surface area contributed by atoms with Crippen molar-refractivity contribution < 1.29 is 13.2 Å². The van der Waals surface area contributed by atoms with Crippen LogP contribution in [0.25, 0.3) is 16.7 Å². The van der Waals surface area contributed by atoms with Gasteiger partial charge in [-0.05, 0) is 64.9 Å². The maximum Gasteiger partial charge on any atom is 0.416 e. The van der Waals surface area contributed by atoms with Gasteiger partial charge < -0.3 is 0 Å². The Hall–Kier alpha value is -2.92. The number of nitrogens with zero attached hydrogens (tertiary/aromatic N) is 2. The predicted octanol–water partition coefficient (Wildman–Crippen LogP) is 6.10. The van der Waals surface area contributed by atoms with Gasteiger partial charge in [-0.25, -0.2) is 0 Å². The maximum absolute atomic E-state index is 12.9. The number of aromatic nitrogens is 1. The summed E-state index contributed by atoms with van der Waals surface area (Å²) in [5, 5.41) is 0. The summed E-state index contributed by atoms with van der Waals surface area (Å²) in [6, 6.07) is 18.2. The highest BCUT2D eigenvalue weighted by Crippen LogP contribution is 2.32. The molecule has 154 valence electrons. The van der Waals surface area contributed by atoms with E-state index in [-0.39, 0.29) is 0 Å². The summed E-state index contributed by atoms with van der Waals surface area (Å²) < 4.78 is 38.8. The van der Waals surface area contributed by atoms with Crippen LogP contribution in [-0.4, -0.2) is 29.5 Å². The molecular formula is C25H23F3N2. The zero-order valence-corrected chi connectivity index (χ0v) is 16.6. The Morgan fingerprint density at radius 2 is 1.60 bits per heavy atom. The zero-order chi connectivity index (χ0) is 21.0. The fourth-order valence-electron chi connectivity index (χ4n) is 3.77. The van der Waals surface area contributed by atoms with Crippen molar-refractivity contribution in [3.8, 4) is 11.1 Å². The lowest BCUT2D eigenvalue weighted by Crippen LogP contribution is -2.30. The van der Waals surface area contributed by atoms with Gasteiger partial charge in [-0.3, -0.25) is 9.88 Å². The van der Waals surface area contributed by atoms with Gasteiger partial charge in [0.2, 0.25) is 0 Å². The van der Waals surface area contributed by atoms with Gasteiger partial charge in [0, 0.05) is 32.0 Å². The van der Waals surface area contributed by atoms with Crippen LogP contribution in [0.1, 0.15) is 23.1 Å². The number of rotatable bonds is 5. The monoisotopic (exact) mass is 408 g/mol. The minimum absolute atomic E-state index is 0.585. The Balaban J connectivity index is 1.33. The smallest absolute Gasteiger partial charge is 0.299 e. The third-order valence-corrected chi connectivity index (χ3v) is 5.54. The van der Waals surface area contributed by atoms with E-state index in [1.165, 1.54) is 23.3 Å². The molecule has 2 aromatic carbocycles. The molecule has 30 heavy (non-hydrogen) atoms. The molecule has 0 radical (unpaired) electrons. The molecule has 0 aliphatic carbocycles. The largest absolute Gasteiger partial charge is 0.416 e. The molecule has 2 heterocycles. The summed E-state index contributed by atoms with van der Waals surface area (Å²) in [5.74, 6) is 0. The third-order valence-electron chi connectivity index (χ3n) is 5.54. The van der Waals surface area contributed by atoms with Crippen LogP contribution in [0.5, 0.6) is 0 Å². The van der Waals surface area contributed by atoms with E-state index in [0.717, 1.165) is 49.7 Å². The molecule has 0 bridgehead atoms. The van der Waals surface area contributed by atoms with Crippen LogP contribution < -0.4 is 0 Å². The summed E-state index contributed by atoms with van der Waals surface area (Å²) >= 11 is 0. The van der Waals surface area contributed by atoms with E-state index >= 15 is 0 Å². The molecule has 5 heteroatoms. The van der Waals surface area contributed by atoms with Crippen molar-refractivity contribution in [2.45, 2.75) is 19.0 Å². The number of pyridine rings is 1. The first kappa shape index (κ1) is 20.4. The Morgan fingerprint density at radius 1 is 0.867 bits per heavy atom. The molecule has 0 saturated carbocycles. The van der Waals surface area contributed by atoms with Crippen molar-refractivity contribution >= 4 is 5.57 Å². The number of halogens is 3. The van der Waals surface area contributed by atoms with Crippen LogP contribution in [0.3, 0.4) is 0 Å². The van der Waals surface area contributed by atoms with Crippen LogP contribution in [0.15, 0.2) is 79.1 Å². The zero-order valence-electron chi connectivity index (χ0n) is 16.6. The van der Waals surface area contributed by atoms with E-state index in [4.69, 9.17) is 0 Å². The molecule has 2 nitrogen and oxygen atoms in total. The fraction of sp³-hybridized carbons (Fsp3) is 0.240. The number of benzene rings is 2. The molecule has 1 aliphatic heterocycles. The standard InChI is InChI=1S/C25H23F3N2/c26-25(27,28)24-3-1-2-23(18-24)22-11-16-30(17-12-22)15-10-19-4-6-20(7-5-19)21-8-13-29-14-9-21/h1-9,11,13-14,18H,10,12,15-17H2. The molecule has 0 N–H and O–H groups in total. The first-order valence-corrected chi connectivity index (χ1v) is 10.1. The second-order valence-electron chi connectivity index (χ2n) is 7.54. The molecular weight excluding hydrogens is 385 g/mol. The summed E-state index contributed by atoms with van der Waals surface area (Å²) in [5.41, 5.74) is 4.70. The van der Waals surface area contributed by atoms with Gasteiger partial charge in [-0.15, -0.1) is 0 Å². The first-order valence-electron chi connectivity index (χ1n) is 10.1. The highest BCUT2D eigenvalue weighted by atomic mass is 19.4. The maximum atomic E-state index is 12.9. The van der Waals surface area contributed by atoms with Crippen molar-refractivity contribution in [2.24, 2.45) is 0 Å². The average molecular weight is 408 g/mol. The number of hydrogen-bond acceptors (Lipinski definition) is 2. The lowest BCUT2D eigenvalue weighted by Gasteiger charge is -2.26. The van der Waals surface area contributed by atoms with Crippen LogP contribution in [-0.2, 0) is 12.6 Å². The van der Waals surface area contributed by atoms with Crippen molar-refractivity contribution in [3.63, 3.8) is 0 Å². The van der Waals surface area contributed by atoms with E-state index in [1.807, 2.05) is 12.1 Å². The molecule has 1 aromatic heterocycles. The van der Waals surface area contributed by atoms with Gasteiger partial charge in [-0.1, -0.05) is 42.5 Å². The number of alkyl halides is 3. The van der Waals surface area contributed by atoms with Gasteiger partial charge in [0.1, 0.15) is 0 Å². The third kappa shape index (κ3) is 4.97. The average Bonchev–Trinajstić information content (AvgIpc) is 2.78. The molecule has 0 atom stereocenters. The number of hydrogen-bond donors (Lipinski definition) is 0. The molecule has 1 aliphatic rings. The van der Waals surface area contributed by atoms with Crippen molar-refractivity contribution in [3.05, 3.63) is 95.8 Å². The first-order chi connectivity index (χ1) is 14.5. The molecule has 3 aromatic rings. The summed E-state index contributed by atoms with van der Waals surface area (Å²) in [7, 11) is 0. The van der Waals surface area contributed by atoms with Crippen LogP contribution in [0, 0.1) is 0 Å². The van der Waals surface area contributed by atoms with Gasteiger partial charge in [0.15, 0.2) is 0 Å². The molecule has 0 unspecified atom stereocenters. The van der Waals surface area contributed by atoms with Crippen molar-refractivity contribution in [1.29, 1.82) is 0 Å². The minimum atomic E-state index is -4.30. The highest BCUT2D eigenvalue weighted by Gasteiger charge is 2.30. The Kier molecular flexibility index (Phi) is 6.00. The van der Waals surface area contributed by atoms with E-state index in [2.05, 4.69) is 40.2 Å². The second-order valence-corrected chi connectivity index (χ2v) is 7.54. The molecule has 0 spiro atoms.